The van der Waals surface area contributed by atoms with Gasteiger partial charge < -0.3 is 0 Å². The standard InChI is InChI=1S/C22H26N2O4S/c1-2-20(19-13-7-4-8-14-19)23(17-18-11-5-3-6-12-18)29(27,28)22-16-10-9-15-21(22)24(25)26/h2-3,5-6,9-12,15-16,19-20H,1,4,7-8,13-14,17H2/t20-/m0/s1. The maximum absolute atomic E-state index is 13.7. The normalized spacial score (nSPS) is 16.4. The van der Waals surface area contributed by atoms with E-state index in [0.29, 0.717) is 0 Å². The summed E-state index contributed by atoms with van der Waals surface area (Å²) in [6, 6.07) is 14.4. The summed E-state index contributed by atoms with van der Waals surface area (Å²) in [5, 5.41) is 11.5. The maximum atomic E-state index is 13.7. The van der Waals surface area contributed by atoms with Crippen molar-refractivity contribution in [1.82, 2.24) is 4.31 Å². The Kier molecular flexibility index (Phi) is 6.82. The Morgan fingerprint density at radius 3 is 2.31 bits per heavy atom. The molecule has 1 aliphatic carbocycles. The van der Waals surface area contributed by atoms with Crippen LogP contribution in [0.5, 0.6) is 0 Å². The summed E-state index contributed by atoms with van der Waals surface area (Å²) in [6.07, 6.45) is 6.80. The largest absolute Gasteiger partial charge is 0.289 e. The van der Waals surface area contributed by atoms with Gasteiger partial charge in [-0.05, 0) is 30.4 Å². The molecule has 1 saturated carbocycles. The molecule has 0 N–H and O–H groups in total. The Bertz CT molecular complexity index is 954. The van der Waals surface area contributed by atoms with Crippen molar-refractivity contribution in [3.63, 3.8) is 0 Å². The first-order chi connectivity index (χ1) is 13.9. The number of sulfonamides is 1. The number of nitro benzene ring substituents is 1. The molecule has 7 heteroatoms. The summed E-state index contributed by atoms with van der Waals surface area (Å²) in [5.41, 5.74) is 0.425. The van der Waals surface area contributed by atoms with Gasteiger partial charge in [0.1, 0.15) is 0 Å². The molecule has 6 nitrogen and oxygen atoms in total. The molecule has 1 atom stereocenters. The van der Waals surface area contributed by atoms with Crippen molar-refractivity contribution in [3.8, 4) is 0 Å². The third kappa shape index (κ3) is 4.74. The molecule has 0 spiro atoms. The van der Waals surface area contributed by atoms with Gasteiger partial charge in [-0.25, -0.2) is 8.42 Å². The van der Waals surface area contributed by atoms with E-state index in [1.165, 1.54) is 28.6 Å². The predicted molar refractivity (Wildman–Crippen MR) is 113 cm³/mol. The molecule has 0 aromatic heterocycles. The summed E-state index contributed by atoms with van der Waals surface area (Å²) in [4.78, 5) is 10.6. The van der Waals surface area contributed by atoms with Gasteiger partial charge >= 0.3 is 0 Å². The number of para-hydroxylation sites is 1. The summed E-state index contributed by atoms with van der Waals surface area (Å²) in [7, 11) is -4.12. The van der Waals surface area contributed by atoms with Gasteiger partial charge in [-0.3, -0.25) is 10.1 Å². The van der Waals surface area contributed by atoms with Crippen molar-refractivity contribution in [1.29, 1.82) is 0 Å². The van der Waals surface area contributed by atoms with Crippen LogP contribution in [-0.4, -0.2) is 23.7 Å². The molecule has 1 aliphatic rings. The van der Waals surface area contributed by atoms with Gasteiger partial charge in [-0.2, -0.15) is 4.31 Å². The maximum Gasteiger partial charge on any atom is 0.289 e. The van der Waals surface area contributed by atoms with Gasteiger partial charge in [0, 0.05) is 18.7 Å². The van der Waals surface area contributed by atoms with Crippen LogP contribution in [0.4, 0.5) is 5.69 Å². The lowest BCUT2D eigenvalue weighted by molar-refractivity contribution is -0.387. The van der Waals surface area contributed by atoms with Crippen LogP contribution in [0.15, 0.2) is 72.1 Å². The molecule has 0 heterocycles. The average molecular weight is 415 g/mol. The molecule has 29 heavy (non-hydrogen) atoms. The van der Waals surface area contributed by atoms with Crippen LogP contribution in [0.3, 0.4) is 0 Å². The third-order valence-corrected chi connectivity index (χ3v) is 7.43. The third-order valence-electron chi connectivity index (χ3n) is 5.54. The minimum atomic E-state index is -4.12. The molecule has 0 bridgehead atoms. The van der Waals surface area contributed by atoms with E-state index in [-0.39, 0.29) is 17.4 Å². The van der Waals surface area contributed by atoms with Crippen molar-refractivity contribution >= 4 is 15.7 Å². The lowest BCUT2D eigenvalue weighted by atomic mass is 9.84. The molecule has 2 aromatic rings. The smallest absolute Gasteiger partial charge is 0.258 e. The zero-order chi connectivity index (χ0) is 20.9. The van der Waals surface area contributed by atoms with Crippen LogP contribution in [0.2, 0.25) is 0 Å². The lowest BCUT2D eigenvalue weighted by Gasteiger charge is -2.36. The minimum Gasteiger partial charge on any atom is -0.258 e. The van der Waals surface area contributed by atoms with E-state index >= 15 is 0 Å². The van der Waals surface area contributed by atoms with E-state index in [0.717, 1.165) is 37.7 Å². The van der Waals surface area contributed by atoms with Gasteiger partial charge in [0.15, 0.2) is 4.90 Å². The van der Waals surface area contributed by atoms with Crippen LogP contribution in [-0.2, 0) is 16.6 Å². The molecule has 0 aliphatic heterocycles. The highest BCUT2D eigenvalue weighted by Crippen LogP contribution is 2.35. The number of nitro groups is 1. The fourth-order valence-corrected chi connectivity index (χ4v) is 5.90. The van der Waals surface area contributed by atoms with Gasteiger partial charge in [0.25, 0.3) is 15.7 Å². The molecule has 0 amide bonds. The Labute approximate surface area is 172 Å². The average Bonchev–Trinajstić information content (AvgIpc) is 2.75. The van der Waals surface area contributed by atoms with E-state index in [9.17, 15) is 18.5 Å². The molecular weight excluding hydrogens is 388 g/mol. The van der Waals surface area contributed by atoms with E-state index in [1.807, 2.05) is 30.3 Å². The number of hydrogen-bond donors (Lipinski definition) is 0. The van der Waals surface area contributed by atoms with Crippen molar-refractivity contribution in [2.75, 3.05) is 0 Å². The zero-order valence-corrected chi connectivity index (χ0v) is 17.1. The van der Waals surface area contributed by atoms with Gasteiger partial charge in [-0.1, -0.05) is 67.8 Å². The summed E-state index contributed by atoms with van der Waals surface area (Å²) in [5.74, 6) is 0.155. The van der Waals surface area contributed by atoms with Crippen molar-refractivity contribution in [2.45, 2.75) is 49.6 Å². The molecule has 3 rings (SSSR count). The highest BCUT2D eigenvalue weighted by Gasteiger charge is 2.38. The van der Waals surface area contributed by atoms with Crippen LogP contribution in [0, 0.1) is 16.0 Å². The lowest BCUT2D eigenvalue weighted by Crippen LogP contribution is -2.43. The quantitative estimate of drug-likeness (QED) is 0.349. The van der Waals surface area contributed by atoms with Crippen molar-refractivity contribution in [3.05, 3.63) is 82.9 Å². The molecule has 0 saturated heterocycles. The summed E-state index contributed by atoms with van der Waals surface area (Å²) in [6.45, 7) is 4.06. The molecule has 154 valence electrons. The first kappa shape index (κ1) is 21.2. The molecule has 1 fully saturated rings. The Morgan fingerprint density at radius 2 is 1.69 bits per heavy atom. The second-order valence-corrected chi connectivity index (χ2v) is 9.24. The van der Waals surface area contributed by atoms with E-state index in [4.69, 9.17) is 0 Å². The predicted octanol–water partition coefficient (Wildman–Crippen LogP) is 4.92. The summed E-state index contributed by atoms with van der Waals surface area (Å²) >= 11 is 0. The van der Waals surface area contributed by atoms with Crippen molar-refractivity contribution < 1.29 is 13.3 Å². The first-order valence-corrected chi connectivity index (χ1v) is 11.3. The Hall–Kier alpha value is -2.51. The van der Waals surface area contributed by atoms with Crippen LogP contribution in [0.25, 0.3) is 0 Å². The SMILES string of the molecule is C=C[C@@H](C1CCCCC1)N(Cc1ccccc1)S(=O)(=O)c1ccccc1[N+](=O)[O-]. The number of benzene rings is 2. The first-order valence-electron chi connectivity index (χ1n) is 9.87. The van der Waals surface area contributed by atoms with E-state index < -0.39 is 26.7 Å². The molecule has 2 aromatic carbocycles. The highest BCUT2D eigenvalue weighted by molar-refractivity contribution is 7.89. The number of rotatable bonds is 8. The zero-order valence-electron chi connectivity index (χ0n) is 16.3. The fraction of sp³-hybridized carbons (Fsp3) is 0.364. The van der Waals surface area contributed by atoms with Gasteiger partial charge in [0.05, 0.1) is 4.92 Å². The van der Waals surface area contributed by atoms with E-state index in [2.05, 4.69) is 6.58 Å². The number of nitrogens with zero attached hydrogens (tertiary/aromatic N) is 2. The minimum absolute atomic E-state index is 0.141. The monoisotopic (exact) mass is 414 g/mol. The molecule has 0 unspecified atom stereocenters. The number of hydrogen-bond acceptors (Lipinski definition) is 4. The Morgan fingerprint density at radius 1 is 1.07 bits per heavy atom. The molecular formula is C22H26N2O4S. The second kappa shape index (κ2) is 9.33. The summed E-state index contributed by atoms with van der Waals surface area (Å²) < 4.78 is 28.8. The van der Waals surface area contributed by atoms with E-state index in [1.54, 1.807) is 6.08 Å². The van der Waals surface area contributed by atoms with Gasteiger partial charge in [0.2, 0.25) is 0 Å². The fourth-order valence-electron chi connectivity index (χ4n) is 4.09. The van der Waals surface area contributed by atoms with Crippen LogP contribution >= 0.6 is 0 Å². The van der Waals surface area contributed by atoms with Crippen LogP contribution < -0.4 is 0 Å². The topological polar surface area (TPSA) is 80.5 Å². The van der Waals surface area contributed by atoms with Crippen LogP contribution in [0.1, 0.15) is 37.7 Å². The second-order valence-electron chi connectivity index (χ2n) is 7.39. The van der Waals surface area contributed by atoms with Gasteiger partial charge in [-0.15, -0.1) is 6.58 Å². The highest BCUT2D eigenvalue weighted by atomic mass is 32.2. The van der Waals surface area contributed by atoms with Crippen molar-refractivity contribution in [2.24, 2.45) is 5.92 Å². The Balaban J connectivity index is 2.08. The molecule has 0 radical (unpaired) electrons.